The Hall–Kier alpha value is -1.92. The Morgan fingerprint density at radius 2 is 1.76 bits per heavy atom. The molecule has 2 aliphatic rings. The van der Waals surface area contributed by atoms with Gasteiger partial charge in [-0.1, -0.05) is 6.92 Å². The first kappa shape index (κ1) is 17.9. The molecule has 0 spiro atoms. The van der Waals surface area contributed by atoms with Crippen molar-refractivity contribution >= 4 is 11.7 Å². The fourth-order valence-corrected chi connectivity index (χ4v) is 3.25. The maximum atomic E-state index is 12.3. The molecule has 0 N–H and O–H groups in total. The Morgan fingerprint density at radius 1 is 1.12 bits per heavy atom. The van der Waals surface area contributed by atoms with Crippen molar-refractivity contribution in [2.75, 3.05) is 32.9 Å². The van der Waals surface area contributed by atoms with Crippen molar-refractivity contribution in [2.24, 2.45) is 5.92 Å². The first-order valence-electron chi connectivity index (χ1n) is 8.94. The molecule has 0 aromatic heterocycles. The van der Waals surface area contributed by atoms with Gasteiger partial charge in [-0.15, -0.1) is 0 Å². The number of rotatable bonds is 6. The second-order valence-corrected chi connectivity index (χ2v) is 6.42. The summed E-state index contributed by atoms with van der Waals surface area (Å²) in [6.07, 6.45) is 2.16. The number of carbonyl (C=O) groups excluding carboxylic acids is 2. The number of hydrogen-bond acceptors (Lipinski definition) is 5. The van der Waals surface area contributed by atoms with E-state index in [1.54, 1.807) is 24.3 Å². The Labute approximate surface area is 148 Å². The van der Waals surface area contributed by atoms with E-state index >= 15 is 0 Å². The van der Waals surface area contributed by atoms with Crippen LogP contribution in [0.5, 0.6) is 5.75 Å². The van der Waals surface area contributed by atoms with Crippen LogP contribution in [-0.2, 0) is 14.3 Å². The first-order chi connectivity index (χ1) is 12.2. The topological polar surface area (TPSA) is 65.1 Å². The number of hydrogen-bond donors (Lipinski definition) is 0. The summed E-state index contributed by atoms with van der Waals surface area (Å²) in [5, 5.41) is 0. The molecule has 6 nitrogen and oxygen atoms in total. The molecule has 2 heterocycles. The average molecular weight is 347 g/mol. The summed E-state index contributed by atoms with van der Waals surface area (Å²) in [4.78, 5) is 25.7. The molecule has 0 aliphatic carbocycles. The van der Waals surface area contributed by atoms with Crippen LogP contribution in [-0.4, -0.2) is 55.8 Å². The van der Waals surface area contributed by atoms with Crippen molar-refractivity contribution in [3.05, 3.63) is 29.8 Å². The fraction of sp³-hybridized carbons (Fsp3) is 0.579. The summed E-state index contributed by atoms with van der Waals surface area (Å²) in [7, 11) is 0. The lowest BCUT2D eigenvalue weighted by Crippen LogP contribution is -2.43. The van der Waals surface area contributed by atoms with Crippen LogP contribution in [0.2, 0.25) is 0 Å². The number of ketones is 1. The van der Waals surface area contributed by atoms with Crippen molar-refractivity contribution in [2.45, 2.75) is 32.5 Å². The lowest BCUT2D eigenvalue weighted by molar-refractivity contribution is -0.138. The minimum Gasteiger partial charge on any atom is -0.484 e. The van der Waals surface area contributed by atoms with Crippen molar-refractivity contribution < 1.29 is 23.8 Å². The summed E-state index contributed by atoms with van der Waals surface area (Å²) < 4.78 is 16.7. The molecule has 136 valence electrons. The van der Waals surface area contributed by atoms with E-state index in [0.29, 0.717) is 50.0 Å². The highest BCUT2D eigenvalue weighted by Crippen LogP contribution is 2.25. The zero-order chi connectivity index (χ0) is 17.6. The molecule has 6 heteroatoms. The maximum absolute atomic E-state index is 12.3. The van der Waals surface area contributed by atoms with Crippen LogP contribution in [0.25, 0.3) is 0 Å². The smallest absolute Gasteiger partial charge is 0.260 e. The van der Waals surface area contributed by atoms with Gasteiger partial charge in [0.2, 0.25) is 0 Å². The van der Waals surface area contributed by atoms with Gasteiger partial charge in [-0.3, -0.25) is 9.59 Å². The van der Waals surface area contributed by atoms with Crippen LogP contribution in [0.3, 0.4) is 0 Å². The van der Waals surface area contributed by atoms with Crippen LogP contribution in [0.1, 0.15) is 36.5 Å². The van der Waals surface area contributed by atoms with E-state index in [4.69, 9.17) is 14.2 Å². The van der Waals surface area contributed by atoms with Gasteiger partial charge >= 0.3 is 0 Å². The Bertz CT molecular complexity index is 586. The molecule has 1 amide bonds. The molecule has 0 unspecified atom stereocenters. The van der Waals surface area contributed by atoms with Gasteiger partial charge in [0.1, 0.15) is 5.75 Å². The molecular weight excluding hydrogens is 322 g/mol. The van der Waals surface area contributed by atoms with Crippen LogP contribution >= 0.6 is 0 Å². The van der Waals surface area contributed by atoms with E-state index in [-0.39, 0.29) is 24.6 Å². The highest BCUT2D eigenvalue weighted by atomic mass is 16.7. The molecule has 0 atom stereocenters. The second-order valence-electron chi connectivity index (χ2n) is 6.42. The largest absolute Gasteiger partial charge is 0.484 e. The van der Waals surface area contributed by atoms with Gasteiger partial charge in [0.15, 0.2) is 18.7 Å². The predicted octanol–water partition coefficient (Wildman–Crippen LogP) is 2.27. The van der Waals surface area contributed by atoms with Gasteiger partial charge in [-0.05, 0) is 37.1 Å². The normalized spacial score (nSPS) is 19.2. The Kier molecular flexibility index (Phi) is 6.04. The van der Waals surface area contributed by atoms with Gasteiger partial charge in [0.05, 0.1) is 13.2 Å². The highest BCUT2D eigenvalue weighted by Gasteiger charge is 2.31. The maximum Gasteiger partial charge on any atom is 0.260 e. The number of amides is 1. The van der Waals surface area contributed by atoms with E-state index < -0.39 is 0 Å². The molecule has 0 saturated carbocycles. The molecule has 2 fully saturated rings. The summed E-state index contributed by atoms with van der Waals surface area (Å²) >= 11 is 0. The predicted molar refractivity (Wildman–Crippen MR) is 91.6 cm³/mol. The van der Waals surface area contributed by atoms with E-state index in [1.165, 1.54) is 0 Å². The summed E-state index contributed by atoms with van der Waals surface area (Å²) in [6.45, 7) is 4.60. The van der Waals surface area contributed by atoms with E-state index in [0.717, 1.165) is 12.8 Å². The van der Waals surface area contributed by atoms with Gasteiger partial charge in [-0.2, -0.15) is 0 Å². The zero-order valence-corrected chi connectivity index (χ0v) is 14.6. The molecule has 0 radical (unpaired) electrons. The number of likely N-dealkylation sites (tertiary alicyclic amines) is 1. The molecular formula is C19H25NO5. The standard InChI is InChI=1S/C19H25NO5/c1-2-17(21)14-3-5-16(6-4-14)25-13-18(22)20-9-7-15(8-10-20)19-23-11-12-24-19/h3-6,15,19H,2,7-13H2,1H3. The average Bonchev–Trinajstić information content (AvgIpc) is 3.21. The van der Waals surface area contributed by atoms with Crippen molar-refractivity contribution in [3.63, 3.8) is 0 Å². The third kappa shape index (κ3) is 4.58. The second kappa shape index (κ2) is 8.45. The van der Waals surface area contributed by atoms with E-state index in [9.17, 15) is 9.59 Å². The van der Waals surface area contributed by atoms with Crippen molar-refractivity contribution in [3.8, 4) is 5.75 Å². The monoisotopic (exact) mass is 347 g/mol. The molecule has 3 rings (SSSR count). The molecule has 2 saturated heterocycles. The quantitative estimate of drug-likeness (QED) is 0.739. The number of piperidine rings is 1. The number of Topliss-reactive ketones (excluding diaryl/α,β-unsaturated/α-hetero) is 1. The third-order valence-corrected chi connectivity index (χ3v) is 4.78. The number of carbonyl (C=O) groups is 2. The minimum absolute atomic E-state index is 0.0135. The molecule has 1 aromatic rings. The number of nitrogens with zero attached hydrogens (tertiary/aromatic N) is 1. The summed E-state index contributed by atoms with van der Waals surface area (Å²) in [5.41, 5.74) is 0.666. The van der Waals surface area contributed by atoms with Gasteiger partial charge in [-0.25, -0.2) is 0 Å². The number of benzene rings is 1. The Balaban J connectivity index is 1.43. The highest BCUT2D eigenvalue weighted by molar-refractivity contribution is 5.95. The zero-order valence-electron chi connectivity index (χ0n) is 14.6. The van der Waals surface area contributed by atoms with Crippen molar-refractivity contribution in [1.29, 1.82) is 0 Å². The minimum atomic E-state index is -0.0992. The van der Waals surface area contributed by atoms with Crippen LogP contribution in [0.15, 0.2) is 24.3 Å². The van der Waals surface area contributed by atoms with E-state index in [1.807, 2.05) is 11.8 Å². The molecule has 25 heavy (non-hydrogen) atoms. The lowest BCUT2D eigenvalue weighted by atomic mass is 9.96. The summed E-state index contributed by atoms with van der Waals surface area (Å²) in [5.74, 6) is 1.06. The lowest BCUT2D eigenvalue weighted by Gasteiger charge is -2.33. The van der Waals surface area contributed by atoms with Crippen molar-refractivity contribution in [1.82, 2.24) is 4.90 Å². The van der Waals surface area contributed by atoms with Gasteiger partial charge in [0.25, 0.3) is 5.91 Å². The SMILES string of the molecule is CCC(=O)c1ccc(OCC(=O)N2CCC(C3OCCO3)CC2)cc1. The molecule has 0 bridgehead atoms. The van der Waals surface area contributed by atoms with Crippen LogP contribution in [0, 0.1) is 5.92 Å². The van der Waals surface area contributed by atoms with Crippen LogP contribution in [0.4, 0.5) is 0 Å². The number of ether oxygens (including phenoxy) is 3. The first-order valence-corrected chi connectivity index (χ1v) is 8.94. The van der Waals surface area contributed by atoms with Gasteiger partial charge < -0.3 is 19.1 Å². The molecule has 2 aliphatic heterocycles. The fourth-order valence-electron chi connectivity index (χ4n) is 3.25. The van der Waals surface area contributed by atoms with Crippen LogP contribution < -0.4 is 4.74 Å². The van der Waals surface area contributed by atoms with E-state index in [2.05, 4.69) is 0 Å². The Morgan fingerprint density at radius 3 is 2.36 bits per heavy atom. The molecule has 1 aromatic carbocycles. The van der Waals surface area contributed by atoms with Gasteiger partial charge in [0, 0.05) is 31.0 Å². The third-order valence-electron chi connectivity index (χ3n) is 4.78. The summed E-state index contributed by atoms with van der Waals surface area (Å²) in [6, 6.07) is 6.94.